The molecule has 0 radical (unpaired) electrons. The maximum absolute atomic E-state index is 13.1. The summed E-state index contributed by atoms with van der Waals surface area (Å²) in [7, 11) is 0. The van der Waals surface area contributed by atoms with Crippen LogP contribution in [0.1, 0.15) is 36.0 Å². The quantitative estimate of drug-likeness (QED) is 0.637. The van der Waals surface area contributed by atoms with Crippen LogP contribution >= 0.6 is 11.3 Å². The van der Waals surface area contributed by atoms with E-state index in [9.17, 15) is 18.8 Å². The first-order valence-electron chi connectivity index (χ1n) is 8.02. The van der Waals surface area contributed by atoms with Gasteiger partial charge in [-0.1, -0.05) is 29.3 Å². The molecule has 2 amide bonds. The van der Waals surface area contributed by atoms with Gasteiger partial charge in [0.25, 0.3) is 11.8 Å². The van der Waals surface area contributed by atoms with E-state index >= 15 is 0 Å². The summed E-state index contributed by atoms with van der Waals surface area (Å²) in [6.07, 6.45) is 0. The minimum atomic E-state index is -0.800. The number of rotatable bonds is 3. The first kappa shape index (κ1) is 17.1. The number of hydrogen-bond donors (Lipinski definition) is 0. The molecule has 0 spiro atoms. The third-order valence-electron chi connectivity index (χ3n) is 4.16. The molecule has 27 heavy (non-hydrogen) atoms. The highest BCUT2D eigenvalue weighted by Crippen LogP contribution is 2.33. The number of hydrogen-bond acceptors (Lipinski definition) is 5. The zero-order chi connectivity index (χ0) is 19.1. The average Bonchev–Trinajstić information content (AvgIpc) is 3.17. The molecule has 0 bridgehead atoms. The van der Waals surface area contributed by atoms with Crippen molar-refractivity contribution in [1.82, 2.24) is 5.06 Å². The molecule has 3 aromatic rings. The Hall–Kier alpha value is -3.32. The maximum atomic E-state index is 13.1. The van der Waals surface area contributed by atoms with Gasteiger partial charge in [-0.15, -0.1) is 11.3 Å². The van der Waals surface area contributed by atoms with Crippen molar-refractivity contribution in [1.29, 1.82) is 0 Å². The van der Waals surface area contributed by atoms with Gasteiger partial charge in [0.1, 0.15) is 10.7 Å². The summed E-state index contributed by atoms with van der Waals surface area (Å²) in [5, 5.41) is 0.486. The molecule has 0 atom stereocenters. The Morgan fingerprint density at radius 2 is 1.59 bits per heavy atom. The van der Waals surface area contributed by atoms with Crippen molar-refractivity contribution >= 4 is 29.1 Å². The van der Waals surface area contributed by atoms with E-state index in [1.54, 1.807) is 30.3 Å². The van der Waals surface area contributed by atoms with Crippen molar-refractivity contribution in [3.8, 4) is 10.4 Å². The number of carbonyl (C=O) groups excluding carboxylic acids is 3. The fraction of sp³-hybridized carbons (Fsp3) is 0.0500. The summed E-state index contributed by atoms with van der Waals surface area (Å²) in [4.78, 5) is 43.2. The van der Waals surface area contributed by atoms with Crippen molar-refractivity contribution in [2.45, 2.75) is 6.92 Å². The third kappa shape index (κ3) is 2.92. The monoisotopic (exact) mass is 381 g/mol. The number of halogens is 1. The van der Waals surface area contributed by atoms with E-state index < -0.39 is 17.8 Å². The van der Waals surface area contributed by atoms with Gasteiger partial charge in [0.2, 0.25) is 0 Å². The number of fused-ring (bicyclic) bond motifs is 1. The highest BCUT2D eigenvalue weighted by atomic mass is 32.1. The molecule has 0 saturated heterocycles. The average molecular weight is 381 g/mol. The molecule has 134 valence electrons. The van der Waals surface area contributed by atoms with Crippen LogP contribution in [-0.2, 0) is 4.84 Å². The van der Waals surface area contributed by atoms with E-state index in [2.05, 4.69) is 0 Å². The standard InChI is InChI=1S/C20H12FNO4S/c1-11-10-16(27-17(11)12-6-8-13(21)9-7-12)20(25)26-22-18(23)14-4-2-3-5-15(14)19(22)24/h2-10H,1H3. The van der Waals surface area contributed by atoms with Crippen molar-refractivity contribution in [2.75, 3.05) is 0 Å². The van der Waals surface area contributed by atoms with Crippen molar-refractivity contribution in [3.63, 3.8) is 0 Å². The zero-order valence-corrected chi connectivity index (χ0v) is 14.9. The Morgan fingerprint density at radius 1 is 1.00 bits per heavy atom. The molecule has 2 aromatic carbocycles. The number of amides is 2. The van der Waals surface area contributed by atoms with Crippen LogP contribution < -0.4 is 0 Å². The molecule has 2 heterocycles. The predicted molar refractivity (Wildman–Crippen MR) is 96.8 cm³/mol. The lowest BCUT2D eigenvalue weighted by Gasteiger charge is -2.11. The van der Waals surface area contributed by atoms with E-state index in [-0.39, 0.29) is 21.8 Å². The van der Waals surface area contributed by atoms with Gasteiger partial charge < -0.3 is 4.84 Å². The van der Waals surface area contributed by atoms with E-state index in [0.717, 1.165) is 27.3 Å². The molecule has 0 aliphatic carbocycles. The fourth-order valence-corrected chi connectivity index (χ4v) is 3.90. The summed E-state index contributed by atoms with van der Waals surface area (Å²) < 4.78 is 13.1. The first-order valence-corrected chi connectivity index (χ1v) is 8.84. The van der Waals surface area contributed by atoms with E-state index in [4.69, 9.17) is 4.84 Å². The highest BCUT2D eigenvalue weighted by molar-refractivity contribution is 7.17. The van der Waals surface area contributed by atoms with Crippen LogP contribution in [0.4, 0.5) is 4.39 Å². The minimum absolute atomic E-state index is 0.199. The van der Waals surface area contributed by atoms with Crippen LogP contribution in [0.3, 0.4) is 0 Å². The van der Waals surface area contributed by atoms with E-state index in [1.807, 2.05) is 6.92 Å². The normalized spacial score (nSPS) is 13.0. The summed E-state index contributed by atoms with van der Waals surface area (Å²) in [5.74, 6) is -2.49. The number of carbonyl (C=O) groups is 3. The largest absolute Gasteiger partial charge is 0.373 e. The SMILES string of the molecule is Cc1cc(C(=O)ON2C(=O)c3ccccc3C2=O)sc1-c1ccc(F)cc1. The lowest BCUT2D eigenvalue weighted by molar-refractivity contribution is -0.0581. The fourth-order valence-electron chi connectivity index (χ4n) is 2.85. The molecule has 1 aliphatic rings. The van der Waals surface area contributed by atoms with Crippen LogP contribution in [0.5, 0.6) is 0 Å². The Morgan fingerprint density at radius 3 is 2.19 bits per heavy atom. The minimum Gasteiger partial charge on any atom is -0.323 e. The van der Waals surface area contributed by atoms with Crippen LogP contribution in [0.25, 0.3) is 10.4 Å². The molecule has 0 fully saturated rings. The van der Waals surface area contributed by atoms with Gasteiger partial charge in [0.05, 0.1) is 11.1 Å². The molecule has 5 nitrogen and oxygen atoms in total. The van der Waals surface area contributed by atoms with Crippen LogP contribution in [-0.4, -0.2) is 22.8 Å². The topological polar surface area (TPSA) is 63.7 Å². The molecule has 4 rings (SSSR count). The molecular formula is C20H12FNO4S. The Bertz CT molecular complexity index is 1050. The van der Waals surface area contributed by atoms with E-state index in [0.29, 0.717) is 5.06 Å². The number of aryl methyl sites for hydroxylation is 1. The molecule has 7 heteroatoms. The van der Waals surface area contributed by atoms with Crippen LogP contribution in [0.15, 0.2) is 54.6 Å². The molecular weight excluding hydrogens is 369 g/mol. The van der Waals surface area contributed by atoms with Gasteiger partial charge in [-0.05, 0) is 48.4 Å². The summed E-state index contributed by atoms with van der Waals surface area (Å²) in [6, 6.07) is 13.8. The van der Waals surface area contributed by atoms with Gasteiger partial charge in [-0.25, -0.2) is 9.18 Å². The number of thiophene rings is 1. The predicted octanol–water partition coefficient (Wildman–Crippen LogP) is 4.23. The molecule has 0 saturated carbocycles. The van der Waals surface area contributed by atoms with Gasteiger partial charge in [0.15, 0.2) is 0 Å². The highest BCUT2D eigenvalue weighted by Gasteiger charge is 2.39. The molecule has 0 N–H and O–H groups in total. The van der Waals surface area contributed by atoms with Crippen molar-refractivity contribution in [2.24, 2.45) is 0 Å². The van der Waals surface area contributed by atoms with Gasteiger partial charge in [-0.3, -0.25) is 9.59 Å². The molecule has 1 aromatic heterocycles. The second kappa shape index (κ2) is 6.44. The van der Waals surface area contributed by atoms with Gasteiger partial charge >= 0.3 is 5.97 Å². The number of benzene rings is 2. The second-order valence-corrected chi connectivity index (χ2v) is 7.01. The Balaban J connectivity index is 1.58. The lowest BCUT2D eigenvalue weighted by Crippen LogP contribution is -2.32. The Labute approximate surface area is 157 Å². The second-order valence-electron chi connectivity index (χ2n) is 5.96. The lowest BCUT2D eigenvalue weighted by atomic mass is 10.1. The molecule has 1 aliphatic heterocycles. The number of hydroxylamine groups is 2. The van der Waals surface area contributed by atoms with Crippen molar-refractivity contribution in [3.05, 3.63) is 82.0 Å². The number of imide groups is 1. The first-order chi connectivity index (χ1) is 13.0. The third-order valence-corrected chi connectivity index (χ3v) is 5.42. The van der Waals surface area contributed by atoms with Gasteiger partial charge in [-0.2, -0.15) is 0 Å². The smallest absolute Gasteiger partial charge is 0.323 e. The van der Waals surface area contributed by atoms with Crippen molar-refractivity contribution < 1.29 is 23.6 Å². The maximum Gasteiger partial charge on any atom is 0.373 e. The molecule has 0 unspecified atom stereocenters. The summed E-state index contributed by atoms with van der Waals surface area (Å²) in [5.41, 5.74) is 1.97. The number of nitrogens with zero attached hydrogens (tertiary/aromatic N) is 1. The Kier molecular flexibility index (Phi) is 4.08. The van der Waals surface area contributed by atoms with E-state index in [1.165, 1.54) is 24.3 Å². The summed E-state index contributed by atoms with van der Waals surface area (Å²) >= 11 is 1.15. The van der Waals surface area contributed by atoms with Crippen LogP contribution in [0, 0.1) is 12.7 Å². The zero-order valence-electron chi connectivity index (χ0n) is 14.1. The summed E-state index contributed by atoms with van der Waals surface area (Å²) in [6.45, 7) is 1.81. The van der Waals surface area contributed by atoms with Gasteiger partial charge in [0, 0.05) is 4.88 Å². The van der Waals surface area contributed by atoms with Crippen LogP contribution in [0.2, 0.25) is 0 Å².